The molecule has 3 aliphatic rings. The first-order valence-electron chi connectivity index (χ1n) is 11.9. The van der Waals surface area contributed by atoms with Crippen molar-refractivity contribution < 1.29 is 23.7 Å². The molecule has 0 aromatic carbocycles. The van der Waals surface area contributed by atoms with Gasteiger partial charge in [0.15, 0.2) is 0 Å². The molecular weight excluding hydrogens is 400 g/mol. The standard InChI is InChI=1S/C12H24N2O3.C10H22N2O2/c1-7-15-8-2-13(1)5-11-17-12-6-14-3-9-16-10-4-14;1-11(2)3-7-13-8-4-12-5-9-14-10-6-12/h1-12H2;3-10H2,1-2H3. The number of hydrogen-bond donors (Lipinski definition) is 0. The van der Waals surface area contributed by atoms with Gasteiger partial charge >= 0.3 is 0 Å². The molecule has 3 fully saturated rings. The Labute approximate surface area is 189 Å². The minimum absolute atomic E-state index is 0.831. The fourth-order valence-electron chi connectivity index (χ4n) is 3.51. The zero-order valence-corrected chi connectivity index (χ0v) is 20.0. The Morgan fingerprint density at radius 1 is 0.548 bits per heavy atom. The highest BCUT2D eigenvalue weighted by molar-refractivity contribution is 4.63. The third-order valence-electron chi connectivity index (χ3n) is 5.65. The minimum atomic E-state index is 0.831. The van der Waals surface area contributed by atoms with Gasteiger partial charge in [0.25, 0.3) is 0 Å². The van der Waals surface area contributed by atoms with E-state index >= 15 is 0 Å². The molecule has 184 valence electrons. The van der Waals surface area contributed by atoms with Crippen molar-refractivity contribution in [1.82, 2.24) is 19.6 Å². The summed E-state index contributed by atoms with van der Waals surface area (Å²) in [6, 6.07) is 0. The highest BCUT2D eigenvalue weighted by Crippen LogP contribution is 1.98. The van der Waals surface area contributed by atoms with Crippen molar-refractivity contribution in [3.63, 3.8) is 0 Å². The summed E-state index contributed by atoms with van der Waals surface area (Å²) in [5.74, 6) is 0. The molecule has 0 bridgehead atoms. The Kier molecular flexibility index (Phi) is 15.7. The van der Waals surface area contributed by atoms with Gasteiger partial charge in [0.2, 0.25) is 0 Å². The molecule has 0 aliphatic carbocycles. The van der Waals surface area contributed by atoms with Gasteiger partial charge in [0.05, 0.1) is 66.1 Å². The van der Waals surface area contributed by atoms with Crippen LogP contribution in [0.1, 0.15) is 0 Å². The lowest BCUT2D eigenvalue weighted by Crippen LogP contribution is -2.40. The van der Waals surface area contributed by atoms with Crippen molar-refractivity contribution in [2.24, 2.45) is 0 Å². The van der Waals surface area contributed by atoms with Crippen LogP contribution in [0.25, 0.3) is 0 Å². The third kappa shape index (κ3) is 14.4. The molecule has 31 heavy (non-hydrogen) atoms. The molecule has 3 aliphatic heterocycles. The van der Waals surface area contributed by atoms with Gasteiger partial charge in [-0.2, -0.15) is 0 Å². The van der Waals surface area contributed by atoms with Gasteiger partial charge in [-0.15, -0.1) is 0 Å². The van der Waals surface area contributed by atoms with Crippen LogP contribution in [0.4, 0.5) is 0 Å². The van der Waals surface area contributed by atoms with Crippen molar-refractivity contribution in [1.29, 1.82) is 0 Å². The maximum Gasteiger partial charge on any atom is 0.0594 e. The fourth-order valence-corrected chi connectivity index (χ4v) is 3.51. The largest absolute Gasteiger partial charge is 0.379 e. The maximum atomic E-state index is 5.67. The van der Waals surface area contributed by atoms with E-state index < -0.39 is 0 Å². The fraction of sp³-hybridized carbons (Fsp3) is 1.00. The van der Waals surface area contributed by atoms with E-state index in [1.807, 2.05) is 0 Å². The van der Waals surface area contributed by atoms with Crippen molar-refractivity contribution in [3.05, 3.63) is 0 Å². The summed E-state index contributed by atoms with van der Waals surface area (Å²) < 4.78 is 27.1. The van der Waals surface area contributed by atoms with E-state index in [9.17, 15) is 0 Å². The molecule has 9 nitrogen and oxygen atoms in total. The molecular formula is C22H46N4O5. The summed E-state index contributed by atoms with van der Waals surface area (Å²) >= 11 is 0. The quantitative estimate of drug-likeness (QED) is 0.372. The van der Waals surface area contributed by atoms with Crippen LogP contribution < -0.4 is 0 Å². The Balaban J connectivity index is 0.000000225. The smallest absolute Gasteiger partial charge is 0.0594 e. The van der Waals surface area contributed by atoms with Crippen LogP contribution in [0.3, 0.4) is 0 Å². The summed E-state index contributed by atoms with van der Waals surface area (Å²) in [6.07, 6.45) is 0. The van der Waals surface area contributed by atoms with E-state index in [2.05, 4.69) is 33.7 Å². The van der Waals surface area contributed by atoms with Crippen LogP contribution in [0.2, 0.25) is 0 Å². The molecule has 0 aromatic rings. The normalized spacial score (nSPS) is 21.8. The van der Waals surface area contributed by atoms with Crippen molar-refractivity contribution in [2.45, 2.75) is 0 Å². The second kappa shape index (κ2) is 18.1. The summed E-state index contributed by atoms with van der Waals surface area (Å²) in [6.45, 7) is 19.0. The molecule has 0 radical (unpaired) electrons. The average molecular weight is 447 g/mol. The van der Waals surface area contributed by atoms with Gasteiger partial charge in [0, 0.05) is 65.4 Å². The first-order valence-corrected chi connectivity index (χ1v) is 11.9. The van der Waals surface area contributed by atoms with E-state index in [-0.39, 0.29) is 0 Å². The molecule has 0 atom stereocenters. The topological polar surface area (TPSA) is 59.1 Å². The predicted octanol–water partition coefficient (Wildman–Crippen LogP) is -0.436. The van der Waals surface area contributed by atoms with Crippen LogP contribution in [0.15, 0.2) is 0 Å². The lowest BCUT2D eigenvalue weighted by Gasteiger charge is -2.27. The van der Waals surface area contributed by atoms with E-state index in [1.54, 1.807) is 0 Å². The van der Waals surface area contributed by atoms with Crippen LogP contribution in [0.5, 0.6) is 0 Å². The summed E-state index contributed by atoms with van der Waals surface area (Å²) in [5.41, 5.74) is 0. The summed E-state index contributed by atoms with van der Waals surface area (Å²) in [7, 11) is 4.12. The van der Waals surface area contributed by atoms with Crippen molar-refractivity contribution in [2.75, 3.05) is 146 Å². The molecule has 0 unspecified atom stereocenters. The van der Waals surface area contributed by atoms with Crippen LogP contribution in [-0.4, -0.2) is 165 Å². The molecule has 0 aromatic heterocycles. The monoisotopic (exact) mass is 446 g/mol. The van der Waals surface area contributed by atoms with Crippen molar-refractivity contribution in [3.8, 4) is 0 Å². The lowest BCUT2D eigenvalue weighted by atomic mass is 10.4. The second-order valence-corrected chi connectivity index (χ2v) is 8.39. The highest BCUT2D eigenvalue weighted by Gasteiger charge is 2.11. The van der Waals surface area contributed by atoms with Gasteiger partial charge in [-0.3, -0.25) is 14.7 Å². The third-order valence-corrected chi connectivity index (χ3v) is 5.65. The number of likely N-dealkylation sites (N-methyl/N-ethyl adjacent to an activating group) is 1. The maximum absolute atomic E-state index is 5.67. The van der Waals surface area contributed by atoms with Gasteiger partial charge in [-0.25, -0.2) is 0 Å². The van der Waals surface area contributed by atoms with Gasteiger partial charge < -0.3 is 28.6 Å². The SMILES string of the molecule is C1CN(CCOCCN2CCOCC2)CCO1.CN(C)CCOCCN1CCOCC1. The second-order valence-electron chi connectivity index (χ2n) is 8.39. The molecule has 0 spiro atoms. The zero-order valence-electron chi connectivity index (χ0n) is 20.0. The Morgan fingerprint density at radius 2 is 0.871 bits per heavy atom. The molecule has 3 rings (SSSR count). The van der Waals surface area contributed by atoms with Crippen LogP contribution >= 0.6 is 0 Å². The van der Waals surface area contributed by atoms with Crippen molar-refractivity contribution >= 4 is 0 Å². The number of nitrogens with zero attached hydrogens (tertiary/aromatic N) is 4. The summed E-state index contributed by atoms with van der Waals surface area (Å²) in [4.78, 5) is 9.32. The molecule has 9 heteroatoms. The van der Waals surface area contributed by atoms with Crippen LogP contribution in [-0.2, 0) is 23.7 Å². The molecule has 0 saturated carbocycles. The number of morpholine rings is 3. The van der Waals surface area contributed by atoms with E-state index in [1.165, 1.54) is 0 Å². The highest BCUT2D eigenvalue weighted by atomic mass is 16.5. The van der Waals surface area contributed by atoms with E-state index in [0.717, 1.165) is 132 Å². The molecule has 3 heterocycles. The Hall–Kier alpha value is -0.360. The summed E-state index contributed by atoms with van der Waals surface area (Å²) in [5, 5.41) is 0. The molecule has 3 saturated heterocycles. The van der Waals surface area contributed by atoms with Gasteiger partial charge in [-0.05, 0) is 14.1 Å². The van der Waals surface area contributed by atoms with Gasteiger partial charge in [-0.1, -0.05) is 0 Å². The number of rotatable bonds is 12. The van der Waals surface area contributed by atoms with Gasteiger partial charge in [0.1, 0.15) is 0 Å². The first-order chi connectivity index (χ1) is 15.2. The van der Waals surface area contributed by atoms with Crippen LogP contribution in [0, 0.1) is 0 Å². The Bertz CT molecular complexity index is 381. The van der Waals surface area contributed by atoms with E-state index in [4.69, 9.17) is 23.7 Å². The average Bonchev–Trinajstić information content (AvgIpc) is 2.81. The lowest BCUT2D eigenvalue weighted by molar-refractivity contribution is 0.00538. The van der Waals surface area contributed by atoms with E-state index in [0.29, 0.717) is 0 Å². The number of ether oxygens (including phenoxy) is 5. The molecule has 0 amide bonds. The molecule has 0 N–H and O–H groups in total. The predicted molar refractivity (Wildman–Crippen MR) is 122 cm³/mol. The minimum Gasteiger partial charge on any atom is -0.379 e. The zero-order chi connectivity index (χ0) is 22.0. The Morgan fingerprint density at radius 3 is 1.19 bits per heavy atom. The first kappa shape index (κ1) is 26.9. The number of hydrogen-bond acceptors (Lipinski definition) is 9.